The van der Waals surface area contributed by atoms with Crippen LogP contribution in [0, 0.1) is 5.41 Å². The van der Waals surface area contributed by atoms with Crippen LogP contribution in [0.25, 0.3) is 0 Å². The van der Waals surface area contributed by atoms with Crippen LogP contribution in [-0.4, -0.2) is 46.2 Å². The predicted octanol–water partition coefficient (Wildman–Crippen LogP) is 3.52. The molecule has 0 aromatic heterocycles. The molecule has 1 aliphatic rings. The van der Waals surface area contributed by atoms with E-state index >= 15 is 0 Å². The summed E-state index contributed by atoms with van der Waals surface area (Å²) >= 11 is 3.42. The molecule has 2 amide bonds. The topological polar surface area (TPSA) is 40.6 Å². The Hall–Kier alpha value is -1.36. The monoisotopic (exact) mass is 380 g/mol. The molecule has 0 radical (unpaired) electrons. The third kappa shape index (κ3) is 3.60. The fourth-order valence-corrected chi connectivity index (χ4v) is 3.67. The highest BCUT2D eigenvalue weighted by molar-refractivity contribution is 9.09. The van der Waals surface area contributed by atoms with E-state index in [2.05, 4.69) is 36.7 Å². The summed E-state index contributed by atoms with van der Waals surface area (Å²) in [5.41, 5.74) is 0.423. The Morgan fingerprint density at radius 3 is 2.35 bits per heavy atom. The summed E-state index contributed by atoms with van der Waals surface area (Å²) < 4.78 is 0. The Bertz CT molecular complexity index is 568. The Balaban J connectivity index is 2.42. The van der Waals surface area contributed by atoms with Crippen molar-refractivity contribution in [1.29, 1.82) is 0 Å². The van der Waals surface area contributed by atoms with Crippen molar-refractivity contribution in [3.63, 3.8) is 0 Å². The number of rotatable bonds is 4. The maximum Gasteiger partial charge on any atom is 0.256 e. The minimum Gasteiger partial charge on any atom is -0.323 e. The van der Waals surface area contributed by atoms with E-state index in [1.165, 1.54) is 0 Å². The summed E-state index contributed by atoms with van der Waals surface area (Å²) in [6.07, 6.45) is 1.31. The predicted molar refractivity (Wildman–Crippen MR) is 95.4 cm³/mol. The quantitative estimate of drug-likeness (QED) is 0.749. The van der Waals surface area contributed by atoms with Crippen LogP contribution in [-0.2, 0) is 4.79 Å². The molecule has 0 spiro atoms. The molecule has 1 fully saturated rings. The Labute approximate surface area is 147 Å². The first-order valence-electron chi connectivity index (χ1n) is 7.99. The average molecular weight is 381 g/mol. The zero-order valence-corrected chi connectivity index (χ0v) is 15.8. The number of hydrogen-bond acceptors (Lipinski definition) is 2. The highest BCUT2D eigenvalue weighted by Gasteiger charge is 2.50. The van der Waals surface area contributed by atoms with Crippen molar-refractivity contribution in [2.45, 2.75) is 45.8 Å². The molecule has 1 saturated heterocycles. The largest absolute Gasteiger partial charge is 0.323 e. The molecule has 2 rings (SSSR count). The summed E-state index contributed by atoms with van der Waals surface area (Å²) in [5.74, 6) is -0.0297. The highest BCUT2D eigenvalue weighted by Crippen LogP contribution is 2.36. The normalized spacial score (nSPS) is 21.9. The Morgan fingerprint density at radius 2 is 1.83 bits per heavy atom. The van der Waals surface area contributed by atoms with Crippen molar-refractivity contribution in [3.8, 4) is 0 Å². The molecular formula is C18H25BrN2O2. The van der Waals surface area contributed by atoms with Gasteiger partial charge in [0.2, 0.25) is 5.91 Å². The zero-order chi connectivity index (χ0) is 17.2. The summed E-state index contributed by atoms with van der Waals surface area (Å²) in [7, 11) is 1.80. The van der Waals surface area contributed by atoms with Crippen LogP contribution >= 0.6 is 15.9 Å². The molecule has 1 aromatic rings. The van der Waals surface area contributed by atoms with E-state index in [0.29, 0.717) is 12.0 Å². The van der Waals surface area contributed by atoms with Gasteiger partial charge in [-0.25, -0.2) is 0 Å². The van der Waals surface area contributed by atoms with E-state index in [1.54, 1.807) is 16.8 Å². The highest BCUT2D eigenvalue weighted by atomic mass is 79.9. The zero-order valence-electron chi connectivity index (χ0n) is 14.3. The molecule has 1 aromatic carbocycles. The summed E-state index contributed by atoms with van der Waals surface area (Å²) in [6, 6.07) is 8.85. The fourth-order valence-electron chi connectivity index (χ4n) is 3.35. The van der Waals surface area contributed by atoms with Crippen LogP contribution < -0.4 is 0 Å². The van der Waals surface area contributed by atoms with Crippen molar-refractivity contribution in [2.75, 3.05) is 12.4 Å². The van der Waals surface area contributed by atoms with Crippen molar-refractivity contribution in [2.24, 2.45) is 5.41 Å². The Kier molecular flexibility index (Phi) is 5.50. The van der Waals surface area contributed by atoms with Gasteiger partial charge in [0.05, 0.1) is 0 Å². The number of nitrogens with zero attached hydrogens (tertiary/aromatic N) is 2. The van der Waals surface area contributed by atoms with Crippen LogP contribution in [0.4, 0.5) is 0 Å². The number of benzene rings is 1. The molecule has 0 unspecified atom stereocenters. The van der Waals surface area contributed by atoms with Gasteiger partial charge >= 0.3 is 0 Å². The number of amides is 2. The average Bonchev–Trinajstić information content (AvgIpc) is 2.77. The van der Waals surface area contributed by atoms with Gasteiger partial charge < -0.3 is 9.80 Å². The van der Waals surface area contributed by atoms with E-state index < -0.39 is 0 Å². The van der Waals surface area contributed by atoms with E-state index in [4.69, 9.17) is 0 Å². The molecule has 0 saturated carbocycles. The van der Waals surface area contributed by atoms with Gasteiger partial charge in [0, 0.05) is 23.4 Å². The van der Waals surface area contributed by atoms with E-state index in [-0.39, 0.29) is 29.4 Å². The fraction of sp³-hybridized carbons (Fsp3) is 0.556. The van der Waals surface area contributed by atoms with Crippen molar-refractivity contribution < 1.29 is 9.59 Å². The lowest BCUT2D eigenvalue weighted by Gasteiger charge is -2.39. The van der Waals surface area contributed by atoms with Gasteiger partial charge in [-0.3, -0.25) is 9.59 Å². The molecule has 5 heteroatoms. The summed E-state index contributed by atoms with van der Waals surface area (Å²) in [6.45, 7) is 6.21. The van der Waals surface area contributed by atoms with Gasteiger partial charge in [-0.2, -0.15) is 0 Å². The van der Waals surface area contributed by atoms with E-state index in [1.807, 2.05) is 30.3 Å². The summed E-state index contributed by atoms with van der Waals surface area (Å²) in [4.78, 5) is 29.4. The van der Waals surface area contributed by atoms with Gasteiger partial charge in [-0.05, 0) is 25.0 Å². The minimum atomic E-state index is -0.380. The van der Waals surface area contributed by atoms with Gasteiger partial charge in [-0.1, -0.05) is 54.9 Å². The molecule has 126 valence electrons. The van der Waals surface area contributed by atoms with Gasteiger partial charge in [0.25, 0.3) is 5.91 Å². The minimum absolute atomic E-state index is 0.0372. The van der Waals surface area contributed by atoms with E-state index in [0.717, 1.165) is 11.8 Å². The molecule has 0 aliphatic carbocycles. The lowest BCUT2D eigenvalue weighted by Crippen LogP contribution is -2.50. The van der Waals surface area contributed by atoms with Crippen molar-refractivity contribution in [3.05, 3.63) is 35.9 Å². The molecule has 4 nitrogen and oxygen atoms in total. The van der Waals surface area contributed by atoms with Crippen LogP contribution in [0.5, 0.6) is 0 Å². The molecule has 2 atom stereocenters. The number of hydrogen-bond donors (Lipinski definition) is 0. The second kappa shape index (κ2) is 7.04. The maximum absolute atomic E-state index is 13.1. The number of halogens is 1. The lowest BCUT2D eigenvalue weighted by molar-refractivity contribution is -0.129. The third-order valence-electron chi connectivity index (χ3n) is 4.24. The first kappa shape index (κ1) is 18.0. The summed E-state index contributed by atoms with van der Waals surface area (Å²) in [5, 5.41) is 0.827. The second-order valence-electron chi connectivity index (χ2n) is 7.11. The Morgan fingerprint density at radius 1 is 1.22 bits per heavy atom. The molecular weight excluding hydrogens is 356 g/mol. The smallest absolute Gasteiger partial charge is 0.256 e. The number of carbonyl (C=O) groups excluding carboxylic acids is 2. The number of likely N-dealkylation sites (N-methyl/N-ethyl adjacent to an activating group) is 1. The molecule has 1 heterocycles. The first-order valence-corrected chi connectivity index (χ1v) is 9.11. The van der Waals surface area contributed by atoms with Gasteiger partial charge in [-0.15, -0.1) is 0 Å². The molecule has 0 N–H and O–H groups in total. The number of carbonyl (C=O) groups is 2. The molecule has 0 bridgehead atoms. The maximum atomic E-state index is 13.1. The van der Waals surface area contributed by atoms with Gasteiger partial charge in [0.1, 0.15) is 12.2 Å². The lowest BCUT2D eigenvalue weighted by atomic mass is 9.90. The SMILES string of the molecule is CN1C(=O)[C@H](CCCBr)N(C(=O)c2ccccc2)[C@H]1C(C)(C)C. The molecule has 23 heavy (non-hydrogen) atoms. The van der Waals surface area contributed by atoms with E-state index in [9.17, 15) is 9.59 Å². The first-order chi connectivity index (χ1) is 10.8. The van der Waals surface area contributed by atoms with Crippen LogP contribution in [0.2, 0.25) is 0 Å². The van der Waals surface area contributed by atoms with Crippen LogP contribution in [0.1, 0.15) is 44.0 Å². The van der Waals surface area contributed by atoms with Gasteiger partial charge in [0.15, 0.2) is 0 Å². The molecule has 1 aliphatic heterocycles. The second-order valence-corrected chi connectivity index (χ2v) is 7.91. The third-order valence-corrected chi connectivity index (χ3v) is 4.80. The van der Waals surface area contributed by atoms with Crippen LogP contribution in [0.15, 0.2) is 30.3 Å². The van der Waals surface area contributed by atoms with Crippen LogP contribution in [0.3, 0.4) is 0 Å². The standard InChI is InChI=1S/C18H25BrN2O2/c1-18(2,3)17-20(4)16(23)14(11-8-12-19)21(17)15(22)13-9-6-5-7-10-13/h5-7,9-10,14,17H,8,11-12H2,1-4H3/t14-,17-/m0/s1. The van der Waals surface area contributed by atoms with Crippen molar-refractivity contribution in [1.82, 2.24) is 9.80 Å². The number of alkyl halides is 1. The van der Waals surface area contributed by atoms with Crippen molar-refractivity contribution >= 4 is 27.7 Å².